The summed E-state index contributed by atoms with van der Waals surface area (Å²) in [6.07, 6.45) is 3.21. The van der Waals surface area contributed by atoms with Crippen LogP contribution in [0.1, 0.15) is 53.5 Å². The van der Waals surface area contributed by atoms with E-state index in [1.165, 1.54) is 22.9 Å². The van der Waals surface area contributed by atoms with Crippen LogP contribution < -0.4 is 25.4 Å². The Morgan fingerprint density at radius 3 is 2.49 bits per heavy atom. The third-order valence-electron chi connectivity index (χ3n) is 8.28. The first kappa shape index (κ1) is 38.6. The molecule has 1 aromatic heterocycles. The third-order valence-corrected chi connectivity index (χ3v) is 9.96. The smallest absolute Gasteiger partial charge is 0.491 e. The lowest BCUT2D eigenvalue weighted by molar-refractivity contribution is -0.0448. The monoisotopic (exact) mass is 754 g/mol. The molecule has 0 spiro atoms. The number of hydrogen-bond acceptors (Lipinski definition) is 11. The number of nitrogens with one attached hydrogen (secondary N) is 2. The summed E-state index contributed by atoms with van der Waals surface area (Å²) in [5.41, 5.74) is 0.657. The number of piperazine rings is 1. The Balaban J connectivity index is 1.37. The number of carbonyl (C=O) groups is 2. The molecule has 0 saturated carbocycles. The van der Waals surface area contributed by atoms with E-state index < -0.39 is 34.6 Å². The van der Waals surface area contributed by atoms with Gasteiger partial charge < -0.3 is 30.7 Å². The predicted molar refractivity (Wildman–Crippen MR) is 177 cm³/mol. The average molecular weight is 756 g/mol. The van der Waals surface area contributed by atoms with Crippen molar-refractivity contribution < 1.29 is 41.0 Å². The maximum atomic E-state index is 13.5. The molecule has 0 unspecified atom stereocenters. The van der Waals surface area contributed by atoms with Gasteiger partial charge in [0.2, 0.25) is 0 Å². The average Bonchev–Trinajstić information content (AvgIpc) is 3.06. The van der Waals surface area contributed by atoms with Crippen molar-refractivity contribution in [2.45, 2.75) is 50.2 Å². The molecule has 4 rings (SSSR count). The molecule has 2 fully saturated rings. The Kier molecular flexibility index (Phi) is 13.2. The lowest BCUT2D eigenvalue weighted by Gasteiger charge is -2.48. The van der Waals surface area contributed by atoms with Gasteiger partial charge in [-0.3, -0.25) is 14.5 Å². The second-order valence-corrected chi connectivity index (χ2v) is 14.1. The lowest BCUT2D eigenvalue weighted by Crippen LogP contribution is -2.59. The number of carbonyl (C=O) groups excluding carboxylic acids is 2. The first-order chi connectivity index (χ1) is 23.2. The molecule has 2 aliphatic rings. The number of aliphatic hydroxyl groups excluding tert-OH is 1. The van der Waals surface area contributed by atoms with Crippen molar-refractivity contribution in [3.8, 4) is 5.75 Å². The number of sulfonamides is 1. The quantitative estimate of drug-likeness (QED) is 0.221. The fourth-order valence-corrected chi connectivity index (χ4v) is 6.88. The topological polar surface area (TPSA) is 183 Å². The number of nitrogens with zero attached hydrogens (tertiary/aromatic N) is 5. The Hall–Kier alpha value is -3.16. The molecule has 2 aromatic rings. The van der Waals surface area contributed by atoms with E-state index in [2.05, 4.69) is 27.1 Å². The number of piperidine rings is 1. The highest BCUT2D eigenvalue weighted by atomic mass is 35.5. The van der Waals surface area contributed by atoms with Crippen molar-refractivity contribution >= 4 is 56.7 Å². The van der Waals surface area contributed by atoms with E-state index in [0.717, 1.165) is 12.8 Å². The molecule has 14 nitrogen and oxygen atoms in total. The molecule has 2 amide bonds. The van der Waals surface area contributed by atoms with E-state index in [-0.39, 0.29) is 64.1 Å². The molecule has 272 valence electrons. The number of halogens is 5. The molecule has 0 aliphatic carbocycles. The summed E-state index contributed by atoms with van der Waals surface area (Å²) in [6, 6.07) is 4.66. The van der Waals surface area contributed by atoms with Crippen LogP contribution in [0.3, 0.4) is 0 Å². The van der Waals surface area contributed by atoms with Crippen LogP contribution in [-0.4, -0.2) is 122 Å². The van der Waals surface area contributed by atoms with Gasteiger partial charge in [-0.15, -0.1) is 0 Å². The van der Waals surface area contributed by atoms with Crippen LogP contribution in [0.15, 0.2) is 18.2 Å². The molecule has 0 bridgehead atoms. The zero-order chi connectivity index (χ0) is 35.9. The molecule has 3 heterocycles. The van der Waals surface area contributed by atoms with Crippen LogP contribution in [-0.2, 0) is 10.0 Å². The third kappa shape index (κ3) is 9.55. The molecule has 49 heavy (non-hydrogen) atoms. The molecule has 2 saturated heterocycles. The van der Waals surface area contributed by atoms with Gasteiger partial charge in [-0.05, 0) is 37.5 Å². The van der Waals surface area contributed by atoms with Crippen molar-refractivity contribution in [3.63, 3.8) is 0 Å². The number of anilines is 2. The summed E-state index contributed by atoms with van der Waals surface area (Å²) in [4.78, 5) is 40.6. The normalized spacial score (nSPS) is 18.1. The van der Waals surface area contributed by atoms with Gasteiger partial charge >= 0.3 is 15.5 Å². The molecule has 1 atom stereocenters. The second-order valence-electron chi connectivity index (χ2n) is 11.5. The van der Waals surface area contributed by atoms with Gasteiger partial charge in [-0.25, -0.2) is 23.1 Å². The predicted octanol–water partition coefficient (Wildman–Crippen LogP) is 2.50. The number of ether oxygens (including phenoxy) is 1. The highest BCUT2D eigenvalue weighted by Gasteiger charge is 2.45. The molecule has 0 radical (unpaired) electrons. The summed E-state index contributed by atoms with van der Waals surface area (Å²) in [5, 5.41) is 11.7. The largest absolute Gasteiger partial charge is 0.511 e. The van der Waals surface area contributed by atoms with Crippen LogP contribution in [0.5, 0.6) is 5.75 Å². The standard InChI is InChI=1S/C29H39Cl2F3N8O6S/c1-2-3-20-17-41(26-24(31)38-23(25(35)39-26)27(44)36-8-14-43)12-13-42(20)19-6-10-40(11-7-19)28(45)21-5-4-18(30)16-22(21)48-15-9-37-49(46,47)29(32,33)34/h4-5,16,19-20,37,43H,2-3,6-15,17H2,1H3,(H2,35,39)(H,36,44)/t20-/m0/s1. The van der Waals surface area contributed by atoms with Crippen molar-refractivity contribution in [2.24, 2.45) is 0 Å². The number of likely N-dealkylation sites (tertiary alicyclic amines) is 1. The molecule has 20 heteroatoms. The first-order valence-electron chi connectivity index (χ1n) is 15.7. The van der Waals surface area contributed by atoms with Crippen molar-refractivity contribution in [3.05, 3.63) is 39.6 Å². The fraction of sp³-hybridized carbons (Fsp3) is 0.586. The lowest BCUT2D eigenvalue weighted by atomic mass is 9.97. The van der Waals surface area contributed by atoms with E-state index in [1.54, 1.807) is 4.90 Å². The number of alkyl halides is 3. The number of nitrogens with two attached hydrogens (primary N) is 1. The van der Waals surface area contributed by atoms with Gasteiger partial charge in [0.25, 0.3) is 11.8 Å². The van der Waals surface area contributed by atoms with Crippen molar-refractivity contribution in [1.29, 1.82) is 0 Å². The number of benzene rings is 1. The molecule has 2 aliphatic heterocycles. The second kappa shape index (κ2) is 16.7. The minimum absolute atomic E-state index is 0.0335. The highest BCUT2D eigenvalue weighted by molar-refractivity contribution is 7.90. The van der Waals surface area contributed by atoms with Crippen LogP contribution >= 0.6 is 23.2 Å². The number of nitrogen functional groups attached to an aromatic ring is 1. The summed E-state index contributed by atoms with van der Waals surface area (Å²) in [5.74, 6) is -0.568. The van der Waals surface area contributed by atoms with Crippen LogP contribution in [0, 0.1) is 0 Å². The van der Waals surface area contributed by atoms with Crippen LogP contribution in [0.2, 0.25) is 10.2 Å². The Labute approximate surface area is 292 Å². The number of hydrogen-bond donors (Lipinski definition) is 4. The summed E-state index contributed by atoms with van der Waals surface area (Å²) in [6.45, 7) is 3.52. The van der Waals surface area contributed by atoms with E-state index >= 15 is 0 Å². The number of rotatable bonds is 13. The van der Waals surface area contributed by atoms with Crippen LogP contribution in [0.25, 0.3) is 0 Å². The van der Waals surface area contributed by atoms with Gasteiger partial charge in [0.05, 0.1) is 12.2 Å². The number of amides is 2. The maximum Gasteiger partial charge on any atom is 0.511 e. The molecular weight excluding hydrogens is 716 g/mol. The Bertz CT molecular complexity index is 1600. The van der Waals surface area contributed by atoms with E-state index in [9.17, 15) is 31.2 Å². The van der Waals surface area contributed by atoms with E-state index in [4.69, 9.17) is 38.8 Å². The number of aromatic nitrogens is 2. The Morgan fingerprint density at radius 1 is 1.12 bits per heavy atom. The van der Waals surface area contributed by atoms with Gasteiger partial charge in [0.1, 0.15) is 12.4 Å². The minimum Gasteiger partial charge on any atom is -0.491 e. The summed E-state index contributed by atoms with van der Waals surface area (Å²) in [7, 11) is -5.53. The fourth-order valence-electron chi connectivity index (χ4n) is 5.95. The molecule has 5 N–H and O–H groups in total. The van der Waals surface area contributed by atoms with E-state index in [0.29, 0.717) is 51.4 Å². The van der Waals surface area contributed by atoms with Gasteiger partial charge in [-0.2, -0.15) is 13.2 Å². The molecular formula is C29H39Cl2F3N8O6S. The number of aliphatic hydroxyl groups is 1. The Morgan fingerprint density at radius 2 is 1.84 bits per heavy atom. The summed E-state index contributed by atoms with van der Waals surface area (Å²) >= 11 is 12.6. The van der Waals surface area contributed by atoms with E-state index in [1.807, 2.05) is 4.90 Å². The van der Waals surface area contributed by atoms with Crippen molar-refractivity contribution in [2.75, 3.05) is 69.7 Å². The SMILES string of the molecule is CCC[C@H]1CN(c2nc(N)c(C(=O)NCCO)nc2Cl)CCN1C1CCN(C(=O)c2ccc(Cl)cc2OCCNS(=O)(=O)C(F)(F)F)CC1. The summed E-state index contributed by atoms with van der Waals surface area (Å²) < 4.78 is 67.2. The maximum absolute atomic E-state index is 13.5. The first-order valence-corrected chi connectivity index (χ1v) is 17.9. The highest BCUT2D eigenvalue weighted by Crippen LogP contribution is 2.31. The minimum atomic E-state index is -5.53. The zero-order valence-corrected chi connectivity index (χ0v) is 29.0. The van der Waals surface area contributed by atoms with Crippen LogP contribution in [0.4, 0.5) is 24.8 Å². The van der Waals surface area contributed by atoms with Gasteiger partial charge in [0, 0.05) is 62.9 Å². The molecule has 1 aromatic carbocycles. The van der Waals surface area contributed by atoms with Gasteiger partial charge in [0.15, 0.2) is 22.5 Å². The van der Waals surface area contributed by atoms with Crippen molar-refractivity contribution in [1.82, 2.24) is 29.8 Å². The zero-order valence-electron chi connectivity index (χ0n) is 26.7. The van der Waals surface area contributed by atoms with Gasteiger partial charge in [-0.1, -0.05) is 36.5 Å².